The first kappa shape index (κ1) is 39.9. The van der Waals surface area contributed by atoms with E-state index in [4.69, 9.17) is 9.47 Å². The molecule has 0 bridgehead atoms. The van der Waals surface area contributed by atoms with Crippen LogP contribution < -0.4 is 0 Å². The highest BCUT2D eigenvalue weighted by molar-refractivity contribution is 7.89. The number of rotatable bonds is 12. The van der Waals surface area contributed by atoms with Gasteiger partial charge in [-0.1, -0.05) is 91.0 Å². The first-order chi connectivity index (χ1) is 26.8. The van der Waals surface area contributed by atoms with E-state index in [1.807, 2.05) is 54.6 Å². The number of amides is 1. The molecule has 1 heterocycles. The Bertz CT molecular complexity index is 2280. The summed E-state index contributed by atoms with van der Waals surface area (Å²) in [6.45, 7) is -0.0861. The maximum atomic E-state index is 14.6. The monoisotopic (exact) mass is 784 g/mol. The number of benzene rings is 5. The highest BCUT2D eigenvalue weighted by atomic mass is 32.2. The molecule has 0 spiro atoms. The topological polar surface area (TPSA) is 110 Å². The lowest BCUT2D eigenvalue weighted by Gasteiger charge is -2.35. The molecule has 0 unspecified atom stereocenters. The molecule has 290 valence electrons. The smallest absolute Gasteiger partial charge is 0.416 e. The predicted octanol–water partition coefficient (Wildman–Crippen LogP) is 7.91. The molecule has 56 heavy (non-hydrogen) atoms. The molecule has 0 radical (unpaired) electrons. The minimum absolute atomic E-state index is 0.0434. The van der Waals surface area contributed by atoms with Gasteiger partial charge in [-0.2, -0.15) is 17.5 Å². The first-order valence-electron chi connectivity index (χ1n) is 17.8. The van der Waals surface area contributed by atoms with Crippen LogP contribution in [0.5, 0.6) is 0 Å². The summed E-state index contributed by atoms with van der Waals surface area (Å²) >= 11 is 0. The van der Waals surface area contributed by atoms with Gasteiger partial charge in [0, 0.05) is 31.1 Å². The van der Waals surface area contributed by atoms with Gasteiger partial charge in [0.05, 0.1) is 30.2 Å². The van der Waals surface area contributed by atoms with E-state index in [0.29, 0.717) is 24.0 Å². The number of hydrogen-bond acceptors (Lipinski definition) is 7. The average molecular weight is 785 g/mol. The van der Waals surface area contributed by atoms with E-state index in [9.17, 15) is 36.0 Å². The number of halogens is 3. The number of hydrogen-bond donors (Lipinski definition) is 0. The standard InChI is InChI=1S/C43H39F3N2O7S/c1-54-41(50)37-12-6-7-13-39(37)56(52,53)48-26-8-11-36(48)28-47(38(42(51)55-2)27-29-14-16-31(17-15-29)30-9-4-3-5-10-30)40(49)34-20-18-32(19-21-34)33-22-24-35(25-23-33)43(44,45)46/h3-7,9-10,12-25,36,38H,8,11,26-28H2,1-2H3/t36-,38-/m0/s1. The molecule has 1 aliphatic rings. The lowest BCUT2D eigenvalue weighted by atomic mass is 9.98. The Kier molecular flexibility index (Phi) is 12.1. The normalized spacial score (nSPS) is 15.2. The summed E-state index contributed by atoms with van der Waals surface area (Å²) in [7, 11) is -1.92. The fourth-order valence-electron chi connectivity index (χ4n) is 6.95. The van der Waals surface area contributed by atoms with E-state index in [2.05, 4.69) is 0 Å². The van der Waals surface area contributed by atoms with E-state index in [0.717, 1.165) is 35.9 Å². The van der Waals surface area contributed by atoms with Gasteiger partial charge in [0.1, 0.15) is 6.04 Å². The number of carbonyl (C=O) groups is 3. The molecular formula is C43H39F3N2O7S. The fraction of sp³-hybridized carbons (Fsp3) is 0.233. The lowest BCUT2D eigenvalue weighted by Crippen LogP contribution is -2.52. The quantitative estimate of drug-likeness (QED) is 0.118. The average Bonchev–Trinajstić information content (AvgIpc) is 3.71. The van der Waals surface area contributed by atoms with Crippen LogP contribution in [0.4, 0.5) is 13.2 Å². The third kappa shape index (κ3) is 8.69. The van der Waals surface area contributed by atoms with Crippen LogP contribution in [0.25, 0.3) is 22.3 Å². The van der Waals surface area contributed by atoms with Crippen molar-refractivity contribution < 1.29 is 45.4 Å². The number of nitrogens with zero attached hydrogens (tertiary/aromatic N) is 2. The second kappa shape index (κ2) is 16.9. The molecule has 2 atom stereocenters. The fourth-order valence-corrected chi connectivity index (χ4v) is 8.82. The van der Waals surface area contributed by atoms with Crippen molar-refractivity contribution >= 4 is 27.9 Å². The van der Waals surface area contributed by atoms with E-state index in [-0.39, 0.29) is 35.5 Å². The largest absolute Gasteiger partial charge is 0.467 e. The SMILES string of the molecule is COC(=O)c1ccccc1S(=O)(=O)N1CCC[C@H]1CN(C(=O)c1ccc(-c2ccc(C(F)(F)F)cc2)cc1)[C@@H](Cc1ccc(-c2ccccc2)cc1)C(=O)OC. The maximum Gasteiger partial charge on any atom is 0.416 e. The molecule has 0 N–H and O–H groups in total. The van der Waals surface area contributed by atoms with Crippen LogP contribution in [0.15, 0.2) is 132 Å². The van der Waals surface area contributed by atoms with Crippen LogP contribution in [0, 0.1) is 0 Å². The van der Waals surface area contributed by atoms with Gasteiger partial charge in [-0.05, 0) is 77.1 Å². The molecule has 5 aromatic rings. The third-order valence-corrected chi connectivity index (χ3v) is 11.9. The lowest BCUT2D eigenvalue weighted by molar-refractivity contribution is -0.146. The number of methoxy groups -OCH3 is 2. The van der Waals surface area contributed by atoms with Gasteiger partial charge in [-0.25, -0.2) is 18.0 Å². The Morgan fingerprint density at radius 2 is 1.30 bits per heavy atom. The molecular weight excluding hydrogens is 746 g/mol. The Balaban J connectivity index is 1.35. The number of carbonyl (C=O) groups excluding carboxylic acids is 3. The van der Waals surface area contributed by atoms with E-state index in [1.54, 1.807) is 12.1 Å². The van der Waals surface area contributed by atoms with Crippen LogP contribution in [-0.2, 0) is 36.9 Å². The number of alkyl halides is 3. The zero-order valence-corrected chi connectivity index (χ0v) is 31.4. The molecule has 0 aliphatic carbocycles. The van der Waals surface area contributed by atoms with Crippen molar-refractivity contribution in [1.29, 1.82) is 0 Å². The van der Waals surface area contributed by atoms with Crippen LogP contribution in [0.2, 0.25) is 0 Å². The van der Waals surface area contributed by atoms with Crippen LogP contribution >= 0.6 is 0 Å². The van der Waals surface area contributed by atoms with E-state index in [1.165, 1.54) is 64.8 Å². The minimum atomic E-state index is -4.49. The zero-order chi connectivity index (χ0) is 40.0. The second-order valence-electron chi connectivity index (χ2n) is 13.3. The highest BCUT2D eigenvalue weighted by Gasteiger charge is 2.41. The van der Waals surface area contributed by atoms with Crippen LogP contribution in [-0.4, -0.2) is 74.9 Å². The van der Waals surface area contributed by atoms with Gasteiger partial charge in [0.2, 0.25) is 10.0 Å². The summed E-state index contributed by atoms with van der Waals surface area (Å²) in [6.07, 6.45) is -3.63. The minimum Gasteiger partial charge on any atom is -0.467 e. The Labute approximate surface area is 323 Å². The predicted molar refractivity (Wildman–Crippen MR) is 204 cm³/mol. The van der Waals surface area contributed by atoms with Gasteiger partial charge < -0.3 is 14.4 Å². The second-order valence-corrected chi connectivity index (χ2v) is 15.2. The van der Waals surface area contributed by atoms with Crippen molar-refractivity contribution in [2.45, 2.75) is 42.4 Å². The Hall–Kier alpha value is -5.79. The summed E-state index contributed by atoms with van der Waals surface area (Å²) in [5, 5.41) is 0. The summed E-state index contributed by atoms with van der Waals surface area (Å²) in [6, 6.07) is 31.9. The summed E-state index contributed by atoms with van der Waals surface area (Å²) in [5.41, 5.74) is 2.97. The molecule has 1 aliphatic heterocycles. The summed E-state index contributed by atoms with van der Waals surface area (Å²) < 4.78 is 79.3. The molecule has 1 fully saturated rings. The highest BCUT2D eigenvalue weighted by Crippen LogP contribution is 2.33. The molecule has 1 saturated heterocycles. The van der Waals surface area contributed by atoms with E-state index >= 15 is 0 Å². The van der Waals surface area contributed by atoms with Crippen molar-refractivity contribution in [3.05, 3.63) is 150 Å². The van der Waals surface area contributed by atoms with Gasteiger partial charge in [-0.15, -0.1) is 0 Å². The van der Waals surface area contributed by atoms with Crippen LogP contribution in [0.3, 0.4) is 0 Å². The maximum absolute atomic E-state index is 14.6. The van der Waals surface area contributed by atoms with Gasteiger partial charge in [0.25, 0.3) is 5.91 Å². The third-order valence-electron chi connectivity index (χ3n) is 9.89. The molecule has 6 rings (SSSR count). The van der Waals surface area contributed by atoms with Crippen LogP contribution in [0.1, 0.15) is 44.7 Å². The number of sulfonamides is 1. The molecule has 9 nitrogen and oxygen atoms in total. The van der Waals surface area contributed by atoms with Crippen molar-refractivity contribution in [3.63, 3.8) is 0 Å². The number of esters is 2. The zero-order valence-electron chi connectivity index (χ0n) is 30.6. The van der Waals surface area contributed by atoms with Gasteiger partial charge >= 0.3 is 18.1 Å². The molecule has 0 aromatic heterocycles. The molecule has 0 saturated carbocycles. The van der Waals surface area contributed by atoms with Crippen molar-refractivity contribution in [2.75, 3.05) is 27.3 Å². The molecule has 5 aromatic carbocycles. The summed E-state index contributed by atoms with van der Waals surface area (Å²) in [4.78, 5) is 41.9. The number of ether oxygens (including phenoxy) is 2. The van der Waals surface area contributed by atoms with E-state index < -0.39 is 51.7 Å². The Morgan fingerprint density at radius 3 is 1.89 bits per heavy atom. The van der Waals surface area contributed by atoms with Gasteiger partial charge in [-0.3, -0.25) is 4.79 Å². The molecule has 13 heteroatoms. The molecule has 1 amide bonds. The summed E-state index contributed by atoms with van der Waals surface area (Å²) in [5.74, 6) is -2.12. The van der Waals surface area contributed by atoms with Crippen molar-refractivity contribution in [3.8, 4) is 22.3 Å². The first-order valence-corrected chi connectivity index (χ1v) is 19.3. The van der Waals surface area contributed by atoms with Gasteiger partial charge in [0.15, 0.2) is 0 Å². The van der Waals surface area contributed by atoms with Crippen molar-refractivity contribution in [2.24, 2.45) is 0 Å². The Morgan fingerprint density at radius 1 is 0.750 bits per heavy atom. The van der Waals surface area contributed by atoms with Crippen molar-refractivity contribution in [1.82, 2.24) is 9.21 Å².